The Labute approximate surface area is 136 Å². The van der Waals surface area contributed by atoms with Gasteiger partial charge in [-0.25, -0.2) is 0 Å². The SMILES string of the molecule is NCCc1cn(CC(C(F)(F)F)C(F)(F)F)c2cc(Br)ccc12. The fourth-order valence-corrected chi connectivity index (χ4v) is 2.79. The summed E-state index contributed by atoms with van der Waals surface area (Å²) in [6.07, 6.45) is -9.05. The molecule has 1 aromatic heterocycles. The van der Waals surface area contributed by atoms with Crippen molar-refractivity contribution >= 4 is 26.8 Å². The Balaban J connectivity index is 2.52. The molecule has 0 amide bonds. The number of nitrogens with two attached hydrogens (primary N) is 1. The van der Waals surface area contributed by atoms with Gasteiger partial charge in [0.15, 0.2) is 5.92 Å². The lowest BCUT2D eigenvalue weighted by molar-refractivity contribution is -0.287. The van der Waals surface area contributed by atoms with E-state index < -0.39 is 24.8 Å². The van der Waals surface area contributed by atoms with Crippen LogP contribution in [0.1, 0.15) is 5.56 Å². The van der Waals surface area contributed by atoms with E-state index in [9.17, 15) is 26.3 Å². The minimum Gasteiger partial charge on any atom is -0.346 e. The van der Waals surface area contributed by atoms with E-state index in [1.807, 2.05) is 0 Å². The first-order valence-electron chi connectivity index (χ1n) is 6.65. The van der Waals surface area contributed by atoms with Gasteiger partial charge in [0.05, 0.1) is 0 Å². The monoisotopic (exact) mass is 402 g/mol. The van der Waals surface area contributed by atoms with Crippen LogP contribution in [-0.4, -0.2) is 23.5 Å². The molecule has 0 fully saturated rings. The van der Waals surface area contributed by atoms with Gasteiger partial charge in [0.2, 0.25) is 0 Å². The number of rotatable bonds is 4. The van der Waals surface area contributed by atoms with Gasteiger partial charge in [0.1, 0.15) is 0 Å². The molecule has 0 aliphatic rings. The van der Waals surface area contributed by atoms with Crippen LogP contribution in [0.25, 0.3) is 10.9 Å². The van der Waals surface area contributed by atoms with Crippen molar-refractivity contribution in [3.8, 4) is 0 Å². The van der Waals surface area contributed by atoms with Crippen molar-refractivity contribution < 1.29 is 26.3 Å². The molecule has 2 N–H and O–H groups in total. The molecular formula is C14H13BrF6N2. The third kappa shape index (κ3) is 4.00. The number of benzene rings is 1. The van der Waals surface area contributed by atoms with E-state index in [-0.39, 0.29) is 6.54 Å². The summed E-state index contributed by atoms with van der Waals surface area (Å²) in [5.74, 6) is -3.42. The van der Waals surface area contributed by atoms with E-state index >= 15 is 0 Å². The molecule has 0 bridgehead atoms. The summed E-state index contributed by atoms with van der Waals surface area (Å²) >= 11 is 3.18. The maximum absolute atomic E-state index is 12.8. The Hall–Kier alpha value is -1.22. The van der Waals surface area contributed by atoms with Crippen LogP contribution in [0.15, 0.2) is 28.9 Å². The van der Waals surface area contributed by atoms with Crippen LogP contribution in [0, 0.1) is 5.92 Å². The fraction of sp³-hybridized carbons (Fsp3) is 0.429. The molecule has 0 aliphatic carbocycles. The van der Waals surface area contributed by atoms with Gasteiger partial charge in [0, 0.05) is 28.1 Å². The van der Waals surface area contributed by atoms with Crippen LogP contribution in [0.2, 0.25) is 0 Å². The Morgan fingerprint density at radius 1 is 1.09 bits per heavy atom. The smallest absolute Gasteiger partial charge is 0.346 e. The number of halogens is 7. The molecule has 0 unspecified atom stereocenters. The van der Waals surface area contributed by atoms with Gasteiger partial charge in [-0.05, 0) is 30.7 Å². The molecule has 0 saturated heterocycles. The van der Waals surface area contributed by atoms with Crippen LogP contribution in [-0.2, 0) is 13.0 Å². The second-order valence-electron chi connectivity index (χ2n) is 5.14. The Morgan fingerprint density at radius 3 is 2.22 bits per heavy atom. The van der Waals surface area contributed by atoms with Gasteiger partial charge in [-0.1, -0.05) is 22.0 Å². The lowest BCUT2D eigenvalue weighted by Gasteiger charge is -2.23. The zero-order valence-corrected chi connectivity index (χ0v) is 13.3. The first kappa shape index (κ1) is 18.1. The van der Waals surface area contributed by atoms with Crippen molar-refractivity contribution in [2.24, 2.45) is 11.7 Å². The molecule has 0 radical (unpaired) electrons. The molecule has 2 aromatic rings. The highest BCUT2D eigenvalue weighted by Crippen LogP contribution is 2.41. The molecule has 1 heterocycles. The number of nitrogens with zero attached hydrogens (tertiary/aromatic N) is 1. The second-order valence-corrected chi connectivity index (χ2v) is 6.06. The zero-order valence-electron chi connectivity index (χ0n) is 11.7. The van der Waals surface area contributed by atoms with Crippen LogP contribution < -0.4 is 5.73 Å². The molecular weight excluding hydrogens is 390 g/mol. The van der Waals surface area contributed by atoms with Crippen molar-refractivity contribution in [3.63, 3.8) is 0 Å². The summed E-state index contributed by atoms with van der Waals surface area (Å²) in [6, 6.07) is 4.83. The molecule has 128 valence electrons. The minimum atomic E-state index is -5.37. The third-order valence-electron chi connectivity index (χ3n) is 3.51. The van der Waals surface area contributed by atoms with Crippen molar-refractivity contribution in [3.05, 3.63) is 34.4 Å². The molecule has 23 heavy (non-hydrogen) atoms. The number of aromatic nitrogens is 1. The van der Waals surface area contributed by atoms with Gasteiger partial charge >= 0.3 is 12.4 Å². The first-order valence-corrected chi connectivity index (χ1v) is 7.44. The van der Waals surface area contributed by atoms with Gasteiger partial charge in [-0.15, -0.1) is 0 Å². The van der Waals surface area contributed by atoms with E-state index in [1.54, 1.807) is 12.1 Å². The molecule has 2 rings (SSSR count). The van der Waals surface area contributed by atoms with Crippen LogP contribution in [0.3, 0.4) is 0 Å². The van der Waals surface area contributed by atoms with Gasteiger partial charge < -0.3 is 10.3 Å². The highest BCUT2D eigenvalue weighted by atomic mass is 79.9. The molecule has 9 heteroatoms. The Kier molecular flexibility index (Phi) is 5.00. The molecule has 0 saturated carbocycles. The van der Waals surface area contributed by atoms with Crippen LogP contribution in [0.4, 0.5) is 26.3 Å². The third-order valence-corrected chi connectivity index (χ3v) is 4.00. The van der Waals surface area contributed by atoms with E-state index in [0.29, 0.717) is 27.4 Å². The van der Waals surface area contributed by atoms with Crippen LogP contribution >= 0.6 is 15.9 Å². The van der Waals surface area contributed by atoms with E-state index in [2.05, 4.69) is 15.9 Å². The summed E-state index contributed by atoms with van der Waals surface area (Å²) in [4.78, 5) is 0. The molecule has 0 spiro atoms. The van der Waals surface area contributed by atoms with E-state index in [1.165, 1.54) is 12.3 Å². The van der Waals surface area contributed by atoms with E-state index in [0.717, 1.165) is 4.57 Å². The summed E-state index contributed by atoms with van der Waals surface area (Å²) in [7, 11) is 0. The second kappa shape index (κ2) is 6.35. The van der Waals surface area contributed by atoms with Gasteiger partial charge in [-0.2, -0.15) is 26.3 Å². The maximum Gasteiger partial charge on any atom is 0.402 e. The molecule has 0 atom stereocenters. The average molecular weight is 403 g/mol. The molecule has 1 aromatic carbocycles. The summed E-state index contributed by atoms with van der Waals surface area (Å²) in [5, 5.41) is 0.599. The lowest BCUT2D eigenvalue weighted by Crippen LogP contribution is -2.39. The number of hydrogen-bond acceptors (Lipinski definition) is 1. The quantitative estimate of drug-likeness (QED) is 0.741. The van der Waals surface area contributed by atoms with Gasteiger partial charge in [-0.3, -0.25) is 0 Å². The summed E-state index contributed by atoms with van der Waals surface area (Å²) in [5.41, 5.74) is 6.38. The average Bonchev–Trinajstić information content (AvgIpc) is 2.71. The van der Waals surface area contributed by atoms with Crippen molar-refractivity contribution in [2.45, 2.75) is 25.3 Å². The topological polar surface area (TPSA) is 30.9 Å². The molecule has 2 nitrogen and oxygen atoms in total. The zero-order chi connectivity index (χ0) is 17.4. The number of fused-ring (bicyclic) bond motifs is 1. The highest BCUT2D eigenvalue weighted by molar-refractivity contribution is 9.10. The Morgan fingerprint density at radius 2 is 1.70 bits per heavy atom. The number of alkyl halides is 6. The van der Waals surface area contributed by atoms with Crippen molar-refractivity contribution in [1.82, 2.24) is 4.57 Å². The lowest BCUT2D eigenvalue weighted by atomic mass is 10.1. The largest absolute Gasteiger partial charge is 0.402 e. The normalized spacial score (nSPS) is 13.3. The standard InChI is InChI=1S/C14H13BrF6N2/c15-9-1-2-10-8(3-4-22)6-23(11(10)5-9)7-12(13(16,17)18)14(19,20)21/h1-2,5-6,12H,3-4,7,22H2. The van der Waals surface area contributed by atoms with E-state index in [4.69, 9.17) is 5.73 Å². The summed E-state index contributed by atoms with van der Waals surface area (Å²) < 4.78 is 78.2. The van der Waals surface area contributed by atoms with Gasteiger partial charge in [0.25, 0.3) is 0 Å². The fourth-order valence-electron chi connectivity index (χ4n) is 2.44. The van der Waals surface area contributed by atoms with Crippen molar-refractivity contribution in [2.75, 3.05) is 6.54 Å². The van der Waals surface area contributed by atoms with Crippen LogP contribution in [0.5, 0.6) is 0 Å². The molecule has 0 aliphatic heterocycles. The van der Waals surface area contributed by atoms with Crippen molar-refractivity contribution in [1.29, 1.82) is 0 Å². The summed E-state index contributed by atoms with van der Waals surface area (Å²) in [6.45, 7) is -0.971. The highest BCUT2D eigenvalue weighted by Gasteiger charge is 2.56. The maximum atomic E-state index is 12.8. The minimum absolute atomic E-state index is 0.247. The predicted molar refractivity (Wildman–Crippen MR) is 78.0 cm³/mol. The number of hydrogen-bond donors (Lipinski definition) is 1. The predicted octanol–water partition coefficient (Wildman–Crippen LogP) is 4.65. The first-order chi connectivity index (χ1) is 10.5. The Bertz CT molecular complexity index is 675.